The Balaban J connectivity index is 2.36. The molecular formula is C13H16BrNO2. The first-order valence-corrected chi connectivity index (χ1v) is 6.56. The van der Waals surface area contributed by atoms with Crippen LogP contribution in [0.2, 0.25) is 0 Å². The van der Waals surface area contributed by atoms with Crippen molar-refractivity contribution in [3.63, 3.8) is 0 Å². The lowest BCUT2D eigenvalue weighted by atomic mass is 10.0. The summed E-state index contributed by atoms with van der Waals surface area (Å²) in [6, 6.07) is 5.46. The van der Waals surface area contributed by atoms with Crippen LogP contribution in [0.3, 0.4) is 0 Å². The molecule has 1 aromatic carbocycles. The third-order valence-electron chi connectivity index (χ3n) is 3.52. The standard InChI is InChI=1S/C13H16BrNO2/c1-8-6-15(7-9(8)2)12-4-3-10(14)5-11(12)13(16)17/h3-5,8-9H,6-7H2,1-2H3,(H,16,17). The van der Waals surface area contributed by atoms with Crippen LogP contribution in [0.1, 0.15) is 24.2 Å². The number of carboxylic acid groups (broad SMARTS) is 1. The first-order valence-electron chi connectivity index (χ1n) is 5.77. The van der Waals surface area contributed by atoms with Crippen LogP contribution in [0, 0.1) is 11.8 Å². The zero-order chi connectivity index (χ0) is 12.6. The van der Waals surface area contributed by atoms with Crippen molar-refractivity contribution >= 4 is 27.6 Å². The van der Waals surface area contributed by atoms with Gasteiger partial charge >= 0.3 is 5.97 Å². The number of nitrogens with zero attached hydrogens (tertiary/aromatic N) is 1. The second kappa shape index (κ2) is 4.69. The summed E-state index contributed by atoms with van der Waals surface area (Å²) in [5.74, 6) is 0.356. The number of rotatable bonds is 2. The van der Waals surface area contributed by atoms with Gasteiger partial charge in [0.2, 0.25) is 0 Å². The largest absolute Gasteiger partial charge is 0.478 e. The first-order chi connectivity index (χ1) is 7.99. The first kappa shape index (κ1) is 12.4. The highest BCUT2D eigenvalue weighted by Gasteiger charge is 2.28. The molecule has 2 unspecified atom stereocenters. The molecule has 0 radical (unpaired) electrons. The van der Waals surface area contributed by atoms with Gasteiger partial charge in [-0.1, -0.05) is 29.8 Å². The summed E-state index contributed by atoms with van der Waals surface area (Å²) in [6.07, 6.45) is 0. The molecule has 0 aliphatic carbocycles. The molecule has 0 bridgehead atoms. The monoisotopic (exact) mass is 297 g/mol. The molecule has 0 amide bonds. The molecule has 1 N–H and O–H groups in total. The highest BCUT2D eigenvalue weighted by atomic mass is 79.9. The maximum atomic E-state index is 11.2. The van der Waals surface area contributed by atoms with Crippen molar-refractivity contribution in [1.29, 1.82) is 0 Å². The van der Waals surface area contributed by atoms with Gasteiger partial charge in [0.15, 0.2) is 0 Å². The topological polar surface area (TPSA) is 40.5 Å². The molecule has 1 aliphatic heterocycles. The van der Waals surface area contributed by atoms with Crippen molar-refractivity contribution < 1.29 is 9.90 Å². The van der Waals surface area contributed by atoms with Gasteiger partial charge in [0.05, 0.1) is 11.3 Å². The van der Waals surface area contributed by atoms with Crippen LogP contribution < -0.4 is 4.90 Å². The Morgan fingerprint density at radius 3 is 2.47 bits per heavy atom. The van der Waals surface area contributed by atoms with Crippen molar-refractivity contribution in [3.05, 3.63) is 28.2 Å². The van der Waals surface area contributed by atoms with Gasteiger partial charge in [-0.2, -0.15) is 0 Å². The fourth-order valence-electron chi connectivity index (χ4n) is 2.28. The molecule has 1 heterocycles. The smallest absolute Gasteiger partial charge is 0.337 e. The van der Waals surface area contributed by atoms with Crippen LogP contribution in [0.5, 0.6) is 0 Å². The number of hydrogen-bond donors (Lipinski definition) is 1. The van der Waals surface area contributed by atoms with Gasteiger partial charge in [-0.3, -0.25) is 0 Å². The minimum absolute atomic E-state index is 0.376. The summed E-state index contributed by atoms with van der Waals surface area (Å²) in [5.41, 5.74) is 1.21. The molecule has 1 fully saturated rings. The van der Waals surface area contributed by atoms with E-state index in [0.717, 1.165) is 23.2 Å². The average Bonchev–Trinajstić information content (AvgIpc) is 2.59. The van der Waals surface area contributed by atoms with Crippen molar-refractivity contribution in [3.8, 4) is 0 Å². The number of benzene rings is 1. The highest BCUT2D eigenvalue weighted by molar-refractivity contribution is 9.10. The van der Waals surface area contributed by atoms with E-state index in [-0.39, 0.29) is 0 Å². The van der Waals surface area contributed by atoms with Crippen molar-refractivity contribution in [2.24, 2.45) is 11.8 Å². The Bertz CT molecular complexity index is 437. The number of carboxylic acids is 1. The molecule has 1 aliphatic rings. The summed E-state index contributed by atoms with van der Waals surface area (Å²) >= 11 is 3.32. The maximum absolute atomic E-state index is 11.2. The minimum Gasteiger partial charge on any atom is -0.478 e. The van der Waals surface area contributed by atoms with Crippen LogP contribution in [0.25, 0.3) is 0 Å². The fraction of sp³-hybridized carbons (Fsp3) is 0.462. The van der Waals surface area contributed by atoms with Gasteiger partial charge in [0, 0.05) is 17.6 Å². The van der Waals surface area contributed by atoms with Crippen molar-refractivity contribution in [2.45, 2.75) is 13.8 Å². The Morgan fingerprint density at radius 1 is 1.35 bits per heavy atom. The van der Waals surface area contributed by atoms with Crippen LogP contribution in [-0.2, 0) is 0 Å². The van der Waals surface area contributed by atoms with Gasteiger partial charge in [-0.05, 0) is 30.0 Å². The highest BCUT2D eigenvalue weighted by Crippen LogP contribution is 2.31. The summed E-state index contributed by atoms with van der Waals surface area (Å²) in [6.45, 7) is 6.29. The summed E-state index contributed by atoms with van der Waals surface area (Å²) in [7, 11) is 0. The Kier molecular flexibility index (Phi) is 3.43. The molecule has 2 atom stereocenters. The SMILES string of the molecule is CC1CN(c2ccc(Br)cc2C(=O)O)CC1C. The molecule has 92 valence electrons. The predicted molar refractivity (Wildman–Crippen MR) is 71.6 cm³/mol. The lowest BCUT2D eigenvalue weighted by Crippen LogP contribution is -2.22. The number of aromatic carboxylic acids is 1. The molecule has 0 aromatic heterocycles. The van der Waals surface area contributed by atoms with Crippen LogP contribution >= 0.6 is 15.9 Å². The van der Waals surface area contributed by atoms with Crippen LogP contribution in [-0.4, -0.2) is 24.2 Å². The number of hydrogen-bond acceptors (Lipinski definition) is 2. The van der Waals surface area contributed by atoms with Gasteiger partial charge in [-0.15, -0.1) is 0 Å². The van der Waals surface area contributed by atoms with Crippen molar-refractivity contribution in [1.82, 2.24) is 0 Å². The normalized spacial score (nSPS) is 24.1. The summed E-state index contributed by atoms with van der Waals surface area (Å²) in [5, 5.41) is 9.23. The zero-order valence-electron chi connectivity index (χ0n) is 9.98. The molecule has 3 nitrogen and oxygen atoms in total. The van der Waals surface area contributed by atoms with Gasteiger partial charge in [-0.25, -0.2) is 4.79 Å². The molecule has 2 rings (SSSR count). The lowest BCUT2D eigenvalue weighted by Gasteiger charge is -2.20. The van der Waals surface area contributed by atoms with E-state index in [2.05, 4.69) is 34.7 Å². The molecular weight excluding hydrogens is 282 g/mol. The lowest BCUT2D eigenvalue weighted by molar-refractivity contribution is 0.0697. The van der Waals surface area contributed by atoms with E-state index in [9.17, 15) is 9.90 Å². The average molecular weight is 298 g/mol. The molecule has 4 heteroatoms. The van der Waals surface area contributed by atoms with E-state index >= 15 is 0 Å². The maximum Gasteiger partial charge on any atom is 0.337 e. The van der Waals surface area contributed by atoms with E-state index in [1.165, 1.54) is 0 Å². The van der Waals surface area contributed by atoms with Crippen LogP contribution in [0.4, 0.5) is 5.69 Å². The minimum atomic E-state index is -0.867. The predicted octanol–water partition coefficient (Wildman–Crippen LogP) is 3.24. The Morgan fingerprint density at radius 2 is 1.94 bits per heavy atom. The van der Waals surface area contributed by atoms with E-state index in [4.69, 9.17) is 0 Å². The molecule has 1 saturated heterocycles. The van der Waals surface area contributed by atoms with E-state index in [0.29, 0.717) is 17.4 Å². The number of halogens is 1. The zero-order valence-corrected chi connectivity index (χ0v) is 11.6. The molecule has 17 heavy (non-hydrogen) atoms. The number of carbonyl (C=O) groups is 1. The summed E-state index contributed by atoms with van der Waals surface area (Å²) in [4.78, 5) is 13.4. The molecule has 0 spiro atoms. The van der Waals surface area contributed by atoms with Crippen LogP contribution in [0.15, 0.2) is 22.7 Å². The number of anilines is 1. The van der Waals surface area contributed by atoms with E-state index < -0.39 is 5.97 Å². The van der Waals surface area contributed by atoms with Gasteiger partial charge in [0.1, 0.15) is 0 Å². The van der Waals surface area contributed by atoms with E-state index in [1.807, 2.05) is 12.1 Å². The quantitative estimate of drug-likeness (QED) is 0.911. The second-order valence-electron chi connectivity index (χ2n) is 4.83. The van der Waals surface area contributed by atoms with E-state index in [1.54, 1.807) is 6.07 Å². The van der Waals surface area contributed by atoms with Crippen molar-refractivity contribution in [2.75, 3.05) is 18.0 Å². The third kappa shape index (κ3) is 2.46. The van der Waals surface area contributed by atoms with Gasteiger partial charge in [0.25, 0.3) is 0 Å². The molecule has 0 saturated carbocycles. The fourth-order valence-corrected chi connectivity index (χ4v) is 2.64. The Labute approximate surface area is 110 Å². The second-order valence-corrected chi connectivity index (χ2v) is 5.74. The van der Waals surface area contributed by atoms with Gasteiger partial charge < -0.3 is 10.0 Å². The Hall–Kier alpha value is -1.03. The molecule has 1 aromatic rings. The summed E-state index contributed by atoms with van der Waals surface area (Å²) < 4.78 is 0.805. The third-order valence-corrected chi connectivity index (χ3v) is 4.01.